The van der Waals surface area contributed by atoms with Gasteiger partial charge >= 0.3 is 0 Å². The van der Waals surface area contributed by atoms with Crippen LogP contribution in [0.25, 0.3) is 0 Å². The minimum absolute atomic E-state index is 0.0418. The summed E-state index contributed by atoms with van der Waals surface area (Å²) in [6.45, 7) is 5.23. The van der Waals surface area contributed by atoms with Crippen molar-refractivity contribution in [2.24, 2.45) is 0 Å². The van der Waals surface area contributed by atoms with E-state index in [9.17, 15) is 5.11 Å². The quantitative estimate of drug-likeness (QED) is 0.792. The molecular weight excluding hydrogens is 322 g/mol. The van der Waals surface area contributed by atoms with E-state index >= 15 is 0 Å². The molecule has 0 unspecified atom stereocenters. The molecule has 0 aromatic heterocycles. The van der Waals surface area contributed by atoms with Gasteiger partial charge in [0.1, 0.15) is 5.75 Å². The molecule has 0 radical (unpaired) electrons. The highest BCUT2D eigenvalue weighted by molar-refractivity contribution is 5.35. The van der Waals surface area contributed by atoms with Crippen LogP contribution >= 0.6 is 0 Å². The molecule has 1 aliphatic rings. The summed E-state index contributed by atoms with van der Waals surface area (Å²) in [6, 6.07) is 18.4. The summed E-state index contributed by atoms with van der Waals surface area (Å²) in [5.41, 5.74) is 1.27. The number of hydrogen-bond donors (Lipinski definition) is 1. The van der Waals surface area contributed by atoms with Crippen LogP contribution in [-0.2, 0) is 5.60 Å². The first-order valence-electron chi connectivity index (χ1n) is 9.81. The van der Waals surface area contributed by atoms with Crippen molar-refractivity contribution in [1.29, 1.82) is 0 Å². The Bertz CT molecular complexity index is 664. The molecule has 1 heterocycles. The van der Waals surface area contributed by atoms with Gasteiger partial charge in [-0.1, -0.05) is 55.8 Å². The molecule has 2 aromatic carbocycles. The fraction of sp³-hybridized carbons (Fsp3) is 0.478. The number of methoxy groups -OCH3 is 1. The van der Waals surface area contributed by atoms with Crippen LogP contribution in [0.15, 0.2) is 54.6 Å². The lowest BCUT2D eigenvalue weighted by atomic mass is 9.75. The van der Waals surface area contributed by atoms with E-state index in [-0.39, 0.29) is 5.92 Å². The largest absolute Gasteiger partial charge is 0.497 e. The lowest BCUT2D eigenvalue weighted by Gasteiger charge is -2.40. The molecule has 0 saturated carbocycles. The monoisotopic (exact) mass is 353 g/mol. The maximum Gasteiger partial charge on any atom is 0.118 e. The molecule has 0 amide bonds. The SMILES string of the molecule is CC[C@@](O)(c1ccc(OC)cc1)[C@@H](CN1CCCCC1)c1ccccc1. The molecular formula is C23H31NO2. The molecule has 1 saturated heterocycles. The maximum absolute atomic E-state index is 11.8. The van der Waals surface area contributed by atoms with Gasteiger partial charge in [-0.15, -0.1) is 0 Å². The number of ether oxygens (including phenoxy) is 1. The number of nitrogens with zero attached hydrogens (tertiary/aromatic N) is 1. The van der Waals surface area contributed by atoms with Crippen LogP contribution < -0.4 is 4.74 Å². The van der Waals surface area contributed by atoms with Crippen molar-refractivity contribution in [3.05, 3.63) is 65.7 Å². The van der Waals surface area contributed by atoms with Crippen molar-refractivity contribution in [1.82, 2.24) is 4.90 Å². The van der Waals surface area contributed by atoms with Crippen molar-refractivity contribution in [2.45, 2.75) is 44.1 Å². The average Bonchev–Trinajstić information content (AvgIpc) is 2.73. The molecule has 0 spiro atoms. The molecule has 2 aromatic rings. The molecule has 3 nitrogen and oxygen atoms in total. The molecule has 3 heteroatoms. The normalized spacial score (nSPS) is 18.9. The van der Waals surface area contributed by atoms with Crippen LogP contribution in [0.2, 0.25) is 0 Å². The average molecular weight is 354 g/mol. The van der Waals surface area contributed by atoms with Crippen molar-refractivity contribution >= 4 is 0 Å². The lowest BCUT2D eigenvalue weighted by Crippen LogP contribution is -2.42. The Hall–Kier alpha value is -1.84. The van der Waals surface area contributed by atoms with Gasteiger partial charge in [-0.3, -0.25) is 0 Å². The summed E-state index contributed by atoms with van der Waals surface area (Å²) in [7, 11) is 1.67. The minimum atomic E-state index is -0.898. The van der Waals surface area contributed by atoms with Crippen LogP contribution in [0, 0.1) is 0 Å². The highest BCUT2D eigenvalue weighted by atomic mass is 16.5. The van der Waals surface area contributed by atoms with E-state index in [0.29, 0.717) is 6.42 Å². The second-order valence-corrected chi connectivity index (χ2v) is 7.33. The molecule has 1 fully saturated rings. The summed E-state index contributed by atoms with van der Waals surface area (Å²) in [5, 5.41) is 11.8. The summed E-state index contributed by atoms with van der Waals surface area (Å²) in [6.07, 6.45) is 4.51. The summed E-state index contributed by atoms with van der Waals surface area (Å²) in [5.74, 6) is 0.861. The minimum Gasteiger partial charge on any atom is -0.497 e. The molecule has 1 N–H and O–H groups in total. The predicted octanol–water partition coefficient (Wildman–Crippen LogP) is 4.56. The van der Waals surface area contributed by atoms with Crippen LogP contribution in [0.1, 0.15) is 49.7 Å². The topological polar surface area (TPSA) is 32.7 Å². The first-order valence-corrected chi connectivity index (χ1v) is 9.81. The predicted molar refractivity (Wildman–Crippen MR) is 107 cm³/mol. The molecule has 140 valence electrons. The Kier molecular flexibility index (Phi) is 6.33. The highest BCUT2D eigenvalue weighted by Gasteiger charge is 2.39. The molecule has 0 aliphatic carbocycles. The number of hydrogen-bond acceptors (Lipinski definition) is 3. The summed E-state index contributed by atoms with van der Waals surface area (Å²) < 4.78 is 5.29. The zero-order valence-electron chi connectivity index (χ0n) is 16.0. The molecule has 0 bridgehead atoms. The first kappa shape index (κ1) is 18.9. The Balaban J connectivity index is 1.95. The highest BCUT2D eigenvalue weighted by Crippen LogP contribution is 2.41. The van der Waals surface area contributed by atoms with E-state index in [1.165, 1.54) is 24.8 Å². The van der Waals surface area contributed by atoms with Crippen LogP contribution in [0.5, 0.6) is 5.75 Å². The summed E-state index contributed by atoms with van der Waals surface area (Å²) in [4.78, 5) is 2.52. The van der Waals surface area contributed by atoms with Crippen molar-refractivity contribution in [3.8, 4) is 5.75 Å². The lowest BCUT2D eigenvalue weighted by molar-refractivity contribution is -0.0105. The van der Waals surface area contributed by atoms with Crippen LogP contribution in [0.4, 0.5) is 0 Å². The van der Waals surface area contributed by atoms with Gasteiger partial charge in [-0.05, 0) is 55.6 Å². The molecule has 2 atom stereocenters. The molecule has 26 heavy (non-hydrogen) atoms. The van der Waals surface area contributed by atoms with Gasteiger partial charge in [0.25, 0.3) is 0 Å². The van der Waals surface area contributed by atoms with E-state index < -0.39 is 5.60 Å². The van der Waals surface area contributed by atoms with Crippen LogP contribution in [0.3, 0.4) is 0 Å². The van der Waals surface area contributed by atoms with Gasteiger partial charge in [-0.2, -0.15) is 0 Å². The molecule has 1 aliphatic heterocycles. The van der Waals surface area contributed by atoms with Gasteiger partial charge in [0, 0.05) is 12.5 Å². The smallest absolute Gasteiger partial charge is 0.118 e. The van der Waals surface area contributed by atoms with E-state index in [2.05, 4.69) is 36.1 Å². The van der Waals surface area contributed by atoms with E-state index in [4.69, 9.17) is 4.74 Å². The Morgan fingerprint density at radius 2 is 1.65 bits per heavy atom. The number of aliphatic hydroxyl groups is 1. The number of rotatable bonds is 7. The maximum atomic E-state index is 11.8. The Morgan fingerprint density at radius 1 is 1.00 bits per heavy atom. The summed E-state index contributed by atoms with van der Waals surface area (Å²) >= 11 is 0. The fourth-order valence-corrected chi connectivity index (χ4v) is 4.15. The van der Waals surface area contributed by atoms with Crippen molar-refractivity contribution in [3.63, 3.8) is 0 Å². The second kappa shape index (κ2) is 8.70. The van der Waals surface area contributed by atoms with Crippen molar-refractivity contribution < 1.29 is 9.84 Å². The van der Waals surface area contributed by atoms with Gasteiger partial charge in [0.2, 0.25) is 0 Å². The van der Waals surface area contributed by atoms with Gasteiger partial charge < -0.3 is 14.7 Å². The van der Waals surface area contributed by atoms with Gasteiger partial charge in [0.15, 0.2) is 0 Å². The zero-order valence-corrected chi connectivity index (χ0v) is 16.0. The standard InChI is InChI=1S/C23H31NO2/c1-3-23(25,20-12-14-21(26-2)15-13-20)22(19-10-6-4-7-11-19)18-24-16-8-5-9-17-24/h4,6-7,10-15,22,25H,3,5,8-9,16-18H2,1-2H3/t22-,23+/m0/s1. The number of likely N-dealkylation sites (tertiary alicyclic amines) is 1. The van der Waals surface area contributed by atoms with E-state index in [1.807, 2.05) is 30.3 Å². The van der Waals surface area contributed by atoms with Crippen molar-refractivity contribution in [2.75, 3.05) is 26.7 Å². The van der Waals surface area contributed by atoms with E-state index in [1.54, 1.807) is 7.11 Å². The number of piperidine rings is 1. The second-order valence-electron chi connectivity index (χ2n) is 7.33. The molecule has 3 rings (SSSR count). The third-order valence-electron chi connectivity index (χ3n) is 5.80. The third kappa shape index (κ3) is 4.11. The van der Waals surface area contributed by atoms with E-state index in [0.717, 1.165) is 30.9 Å². The van der Waals surface area contributed by atoms with Gasteiger partial charge in [0.05, 0.1) is 12.7 Å². The zero-order chi connectivity index (χ0) is 18.4. The first-order chi connectivity index (χ1) is 12.7. The van der Waals surface area contributed by atoms with Crippen LogP contribution in [-0.4, -0.2) is 36.8 Å². The fourth-order valence-electron chi connectivity index (χ4n) is 4.15. The third-order valence-corrected chi connectivity index (χ3v) is 5.80. The number of benzene rings is 2. The van der Waals surface area contributed by atoms with Gasteiger partial charge in [-0.25, -0.2) is 0 Å². The Labute approximate surface area is 157 Å². The Morgan fingerprint density at radius 3 is 2.23 bits per heavy atom.